The van der Waals surface area contributed by atoms with Gasteiger partial charge in [0.2, 0.25) is 0 Å². The normalized spacial score (nSPS) is 12.1. The summed E-state index contributed by atoms with van der Waals surface area (Å²) < 4.78 is 13.1. The van der Waals surface area contributed by atoms with Crippen LogP contribution in [0.5, 0.6) is 0 Å². The molecule has 112 valence electrons. The first-order valence-electron chi connectivity index (χ1n) is 6.57. The van der Waals surface area contributed by atoms with E-state index in [4.69, 9.17) is 23.2 Å². The van der Waals surface area contributed by atoms with E-state index in [0.29, 0.717) is 10.0 Å². The molecule has 0 fully saturated rings. The fourth-order valence-corrected chi connectivity index (χ4v) is 2.92. The predicted molar refractivity (Wildman–Crippen MR) is 89.2 cm³/mol. The SMILES string of the molecule is CC(Nc1cccc(Cl)c1N(C)C)c1ccc(F)cc1Cl. The van der Waals surface area contributed by atoms with Gasteiger partial charge in [0.25, 0.3) is 0 Å². The van der Waals surface area contributed by atoms with Gasteiger partial charge in [-0.3, -0.25) is 0 Å². The maximum Gasteiger partial charge on any atom is 0.124 e. The van der Waals surface area contributed by atoms with Crippen LogP contribution in [0.4, 0.5) is 15.8 Å². The Morgan fingerprint density at radius 3 is 2.43 bits per heavy atom. The number of nitrogens with one attached hydrogen (secondary N) is 1. The monoisotopic (exact) mass is 326 g/mol. The third kappa shape index (κ3) is 3.60. The second-order valence-corrected chi connectivity index (χ2v) is 5.88. The fraction of sp³-hybridized carbons (Fsp3) is 0.250. The lowest BCUT2D eigenvalue weighted by atomic mass is 10.1. The Morgan fingerprint density at radius 2 is 1.81 bits per heavy atom. The van der Waals surface area contributed by atoms with Crippen molar-refractivity contribution in [2.45, 2.75) is 13.0 Å². The summed E-state index contributed by atoms with van der Waals surface area (Å²) in [6.45, 7) is 1.97. The van der Waals surface area contributed by atoms with Crippen molar-refractivity contribution in [3.63, 3.8) is 0 Å². The summed E-state index contributed by atoms with van der Waals surface area (Å²) in [4.78, 5) is 1.95. The molecule has 1 N–H and O–H groups in total. The topological polar surface area (TPSA) is 15.3 Å². The lowest BCUT2D eigenvalue weighted by molar-refractivity contribution is 0.626. The highest BCUT2D eigenvalue weighted by molar-refractivity contribution is 6.34. The van der Waals surface area contributed by atoms with E-state index in [1.165, 1.54) is 12.1 Å². The molecule has 2 rings (SSSR count). The van der Waals surface area contributed by atoms with Gasteiger partial charge in [-0.1, -0.05) is 35.3 Å². The molecule has 0 heterocycles. The van der Waals surface area contributed by atoms with Crippen molar-refractivity contribution in [2.75, 3.05) is 24.3 Å². The number of nitrogens with zero attached hydrogens (tertiary/aromatic N) is 1. The predicted octanol–water partition coefficient (Wildman–Crippen LogP) is 5.37. The highest BCUT2D eigenvalue weighted by Crippen LogP contribution is 2.35. The Morgan fingerprint density at radius 1 is 1.10 bits per heavy atom. The Bertz CT molecular complexity index is 644. The van der Waals surface area contributed by atoms with E-state index in [9.17, 15) is 4.39 Å². The van der Waals surface area contributed by atoms with E-state index in [-0.39, 0.29) is 11.9 Å². The molecule has 2 nitrogen and oxygen atoms in total. The zero-order valence-corrected chi connectivity index (χ0v) is 13.6. The molecular formula is C16H17Cl2FN2. The average molecular weight is 327 g/mol. The third-order valence-electron chi connectivity index (χ3n) is 3.24. The summed E-state index contributed by atoms with van der Waals surface area (Å²) in [5, 5.41) is 4.45. The highest BCUT2D eigenvalue weighted by atomic mass is 35.5. The molecule has 0 aliphatic rings. The summed E-state index contributed by atoms with van der Waals surface area (Å²) in [5.74, 6) is -0.340. The number of hydrogen-bond acceptors (Lipinski definition) is 2. The summed E-state index contributed by atoms with van der Waals surface area (Å²) >= 11 is 12.4. The second-order valence-electron chi connectivity index (χ2n) is 5.06. The average Bonchev–Trinajstić information content (AvgIpc) is 2.37. The van der Waals surface area contributed by atoms with Crippen molar-refractivity contribution >= 4 is 34.6 Å². The molecule has 0 saturated carbocycles. The van der Waals surface area contributed by atoms with Gasteiger partial charge in [0.1, 0.15) is 5.82 Å². The first kappa shape index (κ1) is 15.9. The smallest absolute Gasteiger partial charge is 0.124 e. The van der Waals surface area contributed by atoms with Crippen LogP contribution in [0, 0.1) is 5.82 Å². The summed E-state index contributed by atoms with van der Waals surface area (Å²) in [6, 6.07) is 10.0. The van der Waals surface area contributed by atoms with Crippen LogP contribution in [-0.4, -0.2) is 14.1 Å². The molecule has 0 spiro atoms. The molecule has 0 aromatic heterocycles. The molecule has 21 heavy (non-hydrogen) atoms. The van der Waals surface area contributed by atoms with E-state index in [1.807, 2.05) is 44.1 Å². The molecule has 0 bridgehead atoms. The number of hydrogen-bond donors (Lipinski definition) is 1. The first-order valence-corrected chi connectivity index (χ1v) is 7.33. The number of para-hydroxylation sites is 1. The minimum Gasteiger partial charge on any atom is -0.377 e. The number of benzene rings is 2. The fourth-order valence-electron chi connectivity index (χ4n) is 2.25. The zero-order chi connectivity index (χ0) is 15.6. The summed E-state index contributed by atoms with van der Waals surface area (Å²) in [5.41, 5.74) is 2.65. The molecule has 2 aromatic carbocycles. The van der Waals surface area contributed by atoms with Crippen molar-refractivity contribution in [1.29, 1.82) is 0 Å². The van der Waals surface area contributed by atoms with Crippen molar-refractivity contribution in [1.82, 2.24) is 0 Å². The van der Waals surface area contributed by atoms with Crippen LogP contribution in [0.25, 0.3) is 0 Å². The van der Waals surface area contributed by atoms with Gasteiger partial charge >= 0.3 is 0 Å². The van der Waals surface area contributed by atoms with Gasteiger partial charge in [-0.25, -0.2) is 4.39 Å². The molecule has 2 aromatic rings. The Balaban J connectivity index is 2.31. The van der Waals surface area contributed by atoms with Gasteiger partial charge in [-0.2, -0.15) is 0 Å². The molecule has 0 radical (unpaired) electrons. The molecule has 0 amide bonds. The van der Waals surface area contributed by atoms with E-state index >= 15 is 0 Å². The summed E-state index contributed by atoms with van der Waals surface area (Å²) in [6.07, 6.45) is 0. The van der Waals surface area contributed by atoms with Gasteiger partial charge in [0, 0.05) is 19.1 Å². The number of anilines is 2. The lowest BCUT2D eigenvalue weighted by Gasteiger charge is -2.23. The molecule has 5 heteroatoms. The Kier molecular flexibility index (Phi) is 4.96. The van der Waals surface area contributed by atoms with Crippen molar-refractivity contribution < 1.29 is 4.39 Å². The van der Waals surface area contributed by atoms with Gasteiger partial charge in [-0.15, -0.1) is 0 Å². The van der Waals surface area contributed by atoms with Crippen molar-refractivity contribution in [3.05, 3.63) is 57.8 Å². The van der Waals surface area contributed by atoms with E-state index < -0.39 is 0 Å². The zero-order valence-electron chi connectivity index (χ0n) is 12.1. The van der Waals surface area contributed by atoms with E-state index in [2.05, 4.69) is 5.32 Å². The Labute approximate surface area is 134 Å². The van der Waals surface area contributed by atoms with Crippen LogP contribution in [0.2, 0.25) is 10.0 Å². The molecule has 1 unspecified atom stereocenters. The van der Waals surface area contributed by atoms with Gasteiger partial charge in [-0.05, 0) is 36.8 Å². The summed E-state index contributed by atoms with van der Waals surface area (Å²) in [7, 11) is 3.86. The van der Waals surface area contributed by atoms with Gasteiger partial charge in [0.15, 0.2) is 0 Å². The van der Waals surface area contributed by atoms with Crippen molar-refractivity contribution in [2.24, 2.45) is 0 Å². The Hall–Kier alpha value is -1.45. The maximum atomic E-state index is 13.1. The highest BCUT2D eigenvalue weighted by Gasteiger charge is 2.14. The lowest BCUT2D eigenvalue weighted by Crippen LogP contribution is -2.14. The van der Waals surface area contributed by atoms with Gasteiger partial charge in [0.05, 0.1) is 22.4 Å². The van der Waals surface area contributed by atoms with Crippen LogP contribution in [-0.2, 0) is 0 Å². The standard InChI is InChI=1S/C16H17Cl2FN2/c1-10(12-8-7-11(19)9-14(12)18)20-15-6-4-5-13(17)16(15)21(2)3/h4-10,20H,1-3H3. The quantitative estimate of drug-likeness (QED) is 0.812. The molecular weight excluding hydrogens is 310 g/mol. The molecule has 1 atom stereocenters. The van der Waals surface area contributed by atoms with Crippen LogP contribution in [0.15, 0.2) is 36.4 Å². The van der Waals surface area contributed by atoms with Crippen LogP contribution < -0.4 is 10.2 Å². The molecule has 0 aliphatic carbocycles. The van der Waals surface area contributed by atoms with E-state index in [1.54, 1.807) is 6.07 Å². The second kappa shape index (κ2) is 6.54. The van der Waals surface area contributed by atoms with Crippen LogP contribution >= 0.6 is 23.2 Å². The molecule has 0 aliphatic heterocycles. The van der Waals surface area contributed by atoms with Crippen molar-refractivity contribution in [3.8, 4) is 0 Å². The number of halogens is 3. The van der Waals surface area contributed by atoms with Gasteiger partial charge < -0.3 is 10.2 Å². The molecule has 0 saturated heterocycles. The van der Waals surface area contributed by atoms with E-state index in [0.717, 1.165) is 16.9 Å². The number of rotatable bonds is 4. The largest absolute Gasteiger partial charge is 0.377 e. The van der Waals surface area contributed by atoms with Crippen LogP contribution in [0.3, 0.4) is 0 Å². The minimum atomic E-state index is -0.340. The maximum absolute atomic E-state index is 13.1. The first-order chi connectivity index (χ1) is 9.90. The minimum absolute atomic E-state index is 0.0738. The van der Waals surface area contributed by atoms with Crippen LogP contribution in [0.1, 0.15) is 18.5 Å². The third-order valence-corrected chi connectivity index (χ3v) is 3.87.